The van der Waals surface area contributed by atoms with Crippen molar-refractivity contribution in [3.63, 3.8) is 0 Å². The van der Waals surface area contributed by atoms with Gasteiger partial charge in [0.25, 0.3) is 0 Å². The molecule has 134 valence electrons. The van der Waals surface area contributed by atoms with Crippen LogP contribution in [0.1, 0.15) is 58.8 Å². The van der Waals surface area contributed by atoms with Gasteiger partial charge in [0.05, 0.1) is 0 Å². The van der Waals surface area contributed by atoms with Crippen LogP contribution < -0.4 is 5.73 Å². The van der Waals surface area contributed by atoms with Gasteiger partial charge < -0.3 is 5.73 Å². The van der Waals surface area contributed by atoms with E-state index < -0.39 is 0 Å². The Labute approximate surface area is 150 Å². The molecule has 0 aromatic heterocycles. The lowest BCUT2D eigenvalue weighted by molar-refractivity contribution is 0.594. The zero-order valence-corrected chi connectivity index (χ0v) is 15.7. The summed E-state index contributed by atoms with van der Waals surface area (Å²) in [6.07, 6.45) is 34.0. The van der Waals surface area contributed by atoms with Gasteiger partial charge in [-0.05, 0) is 50.9 Å². The molecule has 0 aliphatic carbocycles. The Bertz CT molecular complexity index is 419. The molecule has 0 saturated carbocycles. The summed E-state index contributed by atoms with van der Waals surface area (Å²) in [7, 11) is 0. The van der Waals surface area contributed by atoms with Gasteiger partial charge in [0.15, 0.2) is 0 Å². The van der Waals surface area contributed by atoms with E-state index >= 15 is 0 Å². The highest BCUT2D eigenvalue weighted by atomic mass is 14.5. The summed E-state index contributed by atoms with van der Waals surface area (Å²) in [4.78, 5) is 0. The number of allylic oxidation sites excluding steroid dienone is 11. The fourth-order valence-electron chi connectivity index (χ4n) is 2.00. The Morgan fingerprint density at radius 1 is 0.542 bits per heavy atom. The SMILES string of the molecule is CC(C)CC/C=C\C/C=C\C/C=C\C/C=C\C/C=C\C/C=C\CN. The maximum absolute atomic E-state index is 5.37. The summed E-state index contributed by atoms with van der Waals surface area (Å²) < 4.78 is 0. The van der Waals surface area contributed by atoms with Crippen molar-refractivity contribution in [3.8, 4) is 0 Å². The molecule has 0 aromatic rings. The van der Waals surface area contributed by atoms with Gasteiger partial charge in [0.1, 0.15) is 0 Å². The van der Waals surface area contributed by atoms with E-state index in [1.54, 1.807) is 0 Å². The van der Waals surface area contributed by atoms with Crippen LogP contribution in [0.3, 0.4) is 0 Å². The van der Waals surface area contributed by atoms with Crippen LogP contribution in [-0.4, -0.2) is 6.54 Å². The van der Waals surface area contributed by atoms with Crippen LogP contribution in [0.4, 0.5) is 0 Å². The predicted molar refractivity (Wildman–Crippen MR) is 111 cm³/mol. The molecule has 0 heterocycles. The molecule has 0 aliphatic heterocycles. The zero-order valence-electron chi connectivity index (χ0n) is 15.7. The number of hydrogen-bond acceptors (Lipinski definition) is 1. The Balaban J connectivity index is 3.50. The van der Waals surface area contributed by atoms with Crippen molar-refractivity contribution in [2.75, 3.05) is 6.54 Å². The summed E-state index contributed by atoms with van der Waals surface area (Å²) in [6.45, 7) is 5.17. The summed E-state index contributed by atoms with van der Waals surface area (Å²) in [5.74, 6) is 0.805. The average Bonchev–Trinajstić information content (AvgIpc) is 2.56. The normalized spacial score (nSPS) is 13.5. The van der Waals surface area contributed by atoms with E-state index in [2.05, 4.69) is 80.7 Å². The number of nitrogens with two attached hydrogens (primary N) is 1. The second kappa shape index (κ2) is 19.4. The highest BCUT2D eigenvalue weighted by Crippen LogP contribution is 2.04. The van der Waals surface area contributed by atoms with Gasteiger partial charge in [-0.1, -0.05) is 86.8 Å². The van der Waals surface area contributed by atoms with E-state index in [0.717, 1.165) is 38.0 Å². The van der Waals surface area contributed by atoms with E-state index in [1.165, 1.54) is 12.8 Å². The molecule has 0 aliphatic rings. The van der Waals surface area contributed by atoms with E-state index in [4.69, 9.17) is 5.73 Å². The molecule has 0 spiro atoms. The molecule has 0 atom stereocenters. The molecule has 0 unspecified atom stereocenters. The van der Waals surface area contributed by atoms with Crippen molar-refractivity contribution < 1.29 is 0 Å². The van der Waals surface area contributed by atoms with Crippen molar-refractivity contribution in [2.24, 2.45) is 11.7 Å². The average molecular weight is 328 g/mol. The Kier molecular flexibility index (Phi) is 18.2. The van der Waals surface area contributed by atoms with Gasteiger partial charge in [0, 0.05) is 6.54 Å². The van der Waals surface area contributed by atoms with Crippen molar-refractivity contribution >= 4 is 0 Å². The molecule has 0 rings (SSSR count). The first-order chi connectivity index (χ1) is 11.8. The first kappa shape index (κ1) is 22.4. The van der Waals surface area contributed by atoms with Gasteiger partial charge >= 0.3 is 0 Å². The van der Waals surface area contributed by atoms with E-state index in [9.17, 15) is 0 Å². The van der Waals surface area contributed by atoms with E-state index in [1.807, 2.05) is 6.08 Å². The van der Waals surface area contributed by atoms with Crippen LogP contribution >= 0.6 is 0 Å². The summed E-state index contributed by atoms with van der Waals surface area (Å²) in [6, 6.07) is 0. The molecule has 0 saturated heterocycles. The van der Waals surface area contributed by atoms with Crippen molar-refractivity contribution in [3.05, 3.63) is 72.9 Å². The number of rotatable bonds is 14. The van der Waals surface area contributed by atoms with Crippen LogP contribution in [0.25, 0.3) is 0 Å². The monoisotopic (exact) mass is 327 g/mol. The minimum atomic E-state index is 0.629. The lowest BCUT2D eigenvalue weighted by atomic mass is 10.1. The maximum atomic E-state index is 5.37. The second-order valence-electron chi connectivity index (χ2n) is 6.21. The smallest absolute Gasteiger partial charge is 0.0106 e. The highest BCUT2D eigenvalue weighted by molar-refractivity contribution is 5.01. The summed E-state index contributed by atoms with van der Waals surface area (Å²) in [5, 5.41) is 0. The Morgan fingerprint density at radius 3 is 1.21 bits per heavy atom. The quantitative estimate of drug-likeness (QED) is 0.354. The maximum Gasteiger partial charge on any atom is 0.0106 e. The molecule has 1 heteroatoms. The van der Waals surface area contributed by atoms with E-state index in [-0.39, 0.29) is 0 Å². The molecule has 0 radical (unpaired) electrons. The van der Waals surface area contributed by atoms with Gasteiger partial charge in [-0.15, -0.1) is 0 Å². The predicted octanol–water partition coefficient (Wildman–Crippen LogP) is 6.67. The fraction of sp³-hybridized carbons (Fsp3) is 0.478. The lowest BCUT2D eigenvalue weighted by Gasteiger charge is -1.98. The Hall–Kier alpha value is -1.60. The molecule has 2 N–H and O–H groups in total. The second-order valence-corrected chi connectivity index (χ2v) is 6.21. The molecular weight excluding hydrogens is 290 g/mol. The molecule has 0 fully saturated rings. The molecular formula is C23H37N. The van der Waals surface area contributed by atoms with Crippen molar-refractivity contribution in [1.82, 2.24) is 0 Å². The molecule has 0 amide bonds. The largest absolute Gasteiger partial charge is 0.327 e. The molecule has 1 nitrogen and oxygen atoms in total. The minimum Gasteiger partial charge on any atom is -0.327 e. The molecule has 0 aromatic carbocycles. The van der Waals surface area contributed by atoms with Gasteiger partial charge in [-0.25, -0.2) is 0 Å². The first-order valence-corrected chi connectivity index (χ1v) is 9.37. The van der Waals surface area contributed by atoms with Crippen molar-refractivity contribution in [2.45, 2.75) is 58.8 Å². The van der Waals surface area contributed by atoms with Crippen LogP contribution in [0.2, 0.25) is 0 Å². The zero-order chi connectivity index (χ0) is 17.7. The summed E-state index contributed by atoms with van der Waals surface area (Å²) in [5.41, 5.74) is 5.37. The van der Waals surface area contributed by atoms with Gasteiger partial charge in [-0.2, -0.15) is 0 Å². The van der Waals surface area contributed by atoms with Crippen LogP contribution in [0, 0.1) is 5.92 Å². The highest BCUT2D eigenvalue weighted by Gasteiger charge is 1.88. The Morgan fingerprint density at radius 2 is 0.875 bits per heavy atom. The molecule has 0 bridgehead atoms. The van der Waals surface area contributed by atoms with Gasteiger partial charge in [-0.3, -0.25) is 0 Å². The van der Waals surface area contributed by atoms with Gasteiger partial charge in [0.2, 0.25) is 0 Å². The van der Waals surface area contributed by atoms with E-state index in [0.29, 0.717) is 6.54 Å². The lowest BCUT2D eigenvalue weighted by Crippen LogP contribution is -1.91. The van der Waals surface area contributed by atoms with Crippen molar-refractivity contribution in [1.29, 1.82) is 0 Å². The summed E-state index contributed by atoms with van der Waals surface area (Å²) >= 11 is 0. The molecule has 24 heavy (non-hydrogen) atoms. The number of hydrogen-bond donors (Lipinski definition) is 1. The third-order valence-electron chi connectivity index (χ3n) is 3.41. The standard InChI is InChI=1S/C23H37N/c1-23(2)21-19-17-15-13-11-9-7-5-3-4-6-8-10-12-14-16-18-20-22-24/h3,5-6,8-9,11-12,14-15,17-18,20,23H,4,7,10,13,16,19,21-22,24H2,1-2H3/b5-3-,8-6-,11-9-,14-12-,17-15-,20-18-. The van der Waals surface area contributed by atoms with Crippen LogP contribution in [-0.2, 0) is 0 Å². The van der Waals surface area contributed by atoms with Crippen LogP contribution in [0.5, 0.6) is 0 Å². The minimum absolute atomic E-state index is 0.629. The van der Waals surface area contributed by atoms with Crippen LogP contribution in [0.15, 0.2) is 72.9 Å². The topological polar surface area (TPSA) is 26.0 Å². The fourth-order valence-corrected chi connectivity index (χ4v) is 2.00. The third kappa shape index (κ3) is 20.4. The first-order valence-electron chi connectivity index (χ1n) is 9.37. The third-order valence-corrected chi connectivity index (χ3v) is 3.41.